The molecule has 3 aliphatic rings. The summed E-state index contributed by atoms with van der Waals surface area (Å²) in [7, 11) is 4.81. The molecule has 2 heterocycles. The molecule has 1 aromatic rings. The first-order chi connectivity index (χ1) is 11.6. The van der Waals surface area contributed by atoms with Gasteiger partial charge in [0.15, 0.2) is 11.5 Å². The molecule has 1 fully saturated rings. The number of aliphatic hydroxyl groups excluding tert-OH is 2. The lowest BCUT2D eigenvalue weighted by Crippen LogP contribution is -2.50. The average molecular weight is 333 g/mol. The van der Waals surface area contributed by atoms with Gasteiger partial charge in [0.25, 0.3) is 0 Å². The average Bonchev–Trinajstić information content (AvgIpc) is 2.90. The van der Waals surface area contributed by atoms with Crippen LogP contribution >= 0.6 is 0 Å². The SMILES string of the molecule is COc1cc2c(cc1OC)C1C(O)C(OC)C=C3C(O)CN(C2)C31. The summed E-state index contributed by atoms with van der Waals surface area (Å²) in [6.45, 7) is 1.29. The fraction of sp³-hybridized carbons (Fsp3) is 0.556. The quantitative estimate of drug-likeness (QED) is 0.792. The van der Waals surface area contributed by atoms with Crippen LogP contribution in [0.15, 0.2) is 23.8 Å². The van der Waals surface area contributed by atoms with Gasteiger partial charge in [-0.05, 0) is 34.9 Å². The Morgan fingerprint density at radius 3 is 2.46 bits per heavy atom. The number of benzene rings is 1. The third-order valence-corrected chi connectivity index (χ3v) is 5.58. The van der Waals surface area contributed by atoms with E-state index < -0.39 is 18.3 Å². The van der Waals surface area contributed by atoms with Crippen molar-refractivity contribution in [3.63, 3.8) is 0 Å². The highest BCUT2D eigenvalue weighted by molar-refractivity contribution is 5.53. The first kappa shape index (κ1) is 15.9. The molecule has 0 radical (unpaired) electrons. The van der Waals surface area contributed by atoms with Gasteiger partial charge in [-0.1, -0.05) is 0 Å². The van der Waals surface area contributed by atoms with Crippen LogP contribution in [-0.2, 0) is 11.3 Å². The van der Waals surface area contributed by atoms with Gasteiger partial charge >= 0.3 is 0 Å². The van der Waals surface area contributed by atoms with E-state index in [1.807, 2.05) is 18.2 Å². The Hall–Kier alpha value is -1.60. The van der Waals surface area contributed by atoms with Crippen LogP contribution in [0.2, 0.25) is 0 Å². The molecule has 6 nitrogen and oxygen atoms in total. The van der Waals surface area contributed by atoms with Crippen molar-refractivity contribution in [1.29, 1.82) is 0 Å². The van der Waals surface area contributed by atoms with Crippen molar-refractivity contribution in [3.8, 4) is 11.5 Å². The molecule has 6 heteroatoms. The van der Waals surface area contributed by atoms with Gasteiger partial charge in [0.2, 0.25) is 0 Å². The lowest BCUT2D eigenvalue weighted by Gasteiger charge is -2.45. The second kappa shape index (κ2) is 5.74. The zero-order valence-electron chi connectivity index (χ0n) is 14.1. The van der Waals surface area contributed by atoms with E-state index in [9.17, 15) is 10.2 Å². The van der Waals surface area contributed by atoms with Crippen LogP contribution in [0.5, 0.6) is 11.5 Å². The van der Waals surface area contributed by atoms with Crippen LogP contribution in [0.3, 0.4) is 0 Å². The number of aliphatic hydroxyl groups is 2. The van der Waals surface area contributed by atoms with Gasteiger partial charge in [-0.2, -0.15) is 0 Å². The van der Waals surface area contributed by atoms with E-state index >= 15 is 0 Å². The molecule has 0 bridgehead atoms. The summed E-state index contributed by atoms with van der Waals surface area (Å²) in [4.78, 5) is 2.23. The maximum absolute atomic E-state index is 10.9. The Bertz CT molecular complexity index is 688. The largest absolute Gasteiger partial charge is 0.493 e. The fourth-order valence-corrected chi connectivity index (χ4v) is 4.50. The molecule has 1 aliphatic carbocycles. The van der Waals surface area contributed by atoms with Crippen molar-refractivity contribution in [1.82, 2.24) is 4.90 Å². The summed E-state index contributed by atoms with van der Waals surface area (Å²) >= 11 is 0. The second-order valence-electron chi connectivity index (χ2n) is 6.68. The van der Waals surface area contributed by atoms with Crippen LogP contribution in [0.4, 0.5) is 0 Å². The van der Waals surface area contributed by atoms with Crippen LogP contribution in [-0.4, -0.2) is 67.3 Å². The molecule has 0 aromatic heterocycles. The molecule has 2 N–H and O–H groups in total. The van der Waals surface area contributed by atoms with Gasteiger partial charge in [-0.25, -0.2) is 0 Å². The highest BCUT2D eigenvalue weighted by atomic mass is 16.5. The predicted molar refractivity (Wildman–Crippen MR) is 87.4 cm³/mol. The number of ether oxygens (including phenoxy) is 3. The molecular weight excluding hydrogens is 310 g/mol. The molecule has 130 valence electrons. The van der Waals surface area contributed by atoms with Gasteiger partial charge in [-0.15, -0.1) is 0 Å². The smallest absolute Gasteiger partial charge is 0.161 e. The summed E-state index contributed by atoms with van der Waals surface area (Å²) in [6.07, 6.45) is 0.284. The summed E-state index contributed by atoms with van der Waals surface area (Å²) in [6, 6.07) is 3.94. The molecule has 0 saturated carbocycles. The number of hydrogen-bond donors (Lipinski definition) is 2. The molecule has 0 amide bonds. The van der Waals surface area contributed by atoms with E-state index in [1.165, 1.54) is 0 Å². The zero-order valence-corrected chi connectivity index (χ0v) is 14.1. The van der Waals surface area contributed by atoms with Crippen LogP contribution in [0.1, 0.15) is 17.0 Å². The Morgan fingerprint density at radius 1 is 1.08 bits per heavy atom. The number of fused-ring (bicyclic) bond motifs is 2. The molecule has 5 atom stereocenters. The summed E-state index contributed by atoms with van der Waals surface area (Å²) in [5, 5.41) is 21.4. The Balaban J connectivity index is 1.87. The lowest BCUT2D eigenvalue weighted by molar-refractivity contribution is -0.0231. The summed E-state index contributed by atoms with van der Waals surface area (Å²) in [5.41, 5.74) is 3.10. The molecule has 5 unspecified atom stereocenters. The van der Waals surface area contributed by atoms with Crippen molar-refractivity contribution in [2.75, 3.05) is 27.9 Å². The maximum Gasteiger partial charge on any atom is 0.161 e. The van der Waals surface area contributed by atoms with Crippen molar-refractivity contribution < 1.29 is 24.4 Å². The van der Waals surface area contributed by atoms with E-state index in [0.29, 0.717) is 18.0 Å². The Labute approximate surface area is 141 Å². The third-order valence-electron chi connectivity index (χ3n) is 5.58. The number of rotatable bonds is 3. The van der Waals surface area contributed by atoms with E-state index in [-0.39, 0.29) is 12.0 Å². The third kappa shape index (κ3) is 2.10. The van der Waals surface area contributed by atoms with E-state index in [2.05, 4.69) is 4.90 Å². The van der Waals surface area contributed by atoms with E-state index in [0.717, 1.165) is 23.2 Å². The highest BCUT2D eigenvalue weighted by Crippen LogP contribution is 2.49. The minimum Gasteiger partial charge on any atom is -0.493 e. The molecule has 2 aliphatic heterocycles. The first-order valence-corrected chi connectivity index (χ1v) is 8.18. The lowest BCUT2D eigenvalue weighted by atomic mass is 9.73. The molecule has 0 spiro atoms. The molecule has 4 rings (SSSR count). The monoisotopic (exact) mass is 333 g/mol. The van der Waals surface area contributed by atoms with Crippen molar-refractivity contribution in [3.05, 3.63) is 34.9 Å². The molecule has 1 aromatic carbocycles. The predicted octanol–water partition coefficient (Wildman–Crippen LogP) is 0.662. The first-order valence-electron chi connectivity index (χ1n) is 8.18. The van der Waals surface area contributed by atoms with Gasteiger partial charge < -0.3 is 24.4 Å². The van der Waals surface area contributed by atoms with Crippen molar-refractivity contribution in [2.45, 2.75) is 36.8 Å². The molecule has 24 heavy (non-hydrogen) atoms. The second-order valence-corrected chi connectivity index (χ2v) is 6.68. The maximum atomic E-state index is 10.9. The standard InChI is InChI=1S/C18H23NO5/c1-22-13-4-9-7-19-8-12(20)11-6-15(24-3)18(21)16(17(11)19)10(9)5-14(13)23-2/h4-6,12,15-18,20-21H,7-8H2,1-3H3. The fourth-order valence-electron chi connectivity index (χ4n) is 4.50. The normalized spacial score (nSPS) is 34.4. The Kier molecular flexibility index (Phi) is 3.80. The van der Waals surface area contributed by atoms with E-state index in [1.54, 1.807) is 21.3 Å². The van der Waals surface area contributed by atoms with Crippen LogP contribution in [0.25, 0.3) is 0 Å². The van der Waals surface area contributed by atoms with Crippen LogP contribution < -0.4 is 9.47 Å². The minimum atomic E-state index is -0.672. The summed E-state index contributed by atoms with van der Waals surface area (Å²) < 4.78 is 16.3. The van der Waals surface area contributed by atoms with Crippen molar-refractivity contribution >= 4 is 0 Å². The highest BCUT2D eigenvalue weighted by Gasteiger charge is 2.51. The van der Waals surface area contributed by atoms with Gasteiger partial charge in [-0.3, -0.25) is 4.90 Å². The van der Waals surface area contributed by atoms with Gasteiger partial charge in [0.05, 0.1) is 26.4 Å². The zero-order chi connectivity index (χ0) is 17.0. The number of methoxy groups -OCH3 is 3. The summed E-state index contributed by atoms with van der Waals surface area (Å²) in [5.74, 6) is 1.18. The van der Waals surface area contributed by atoms with Crippen molar-refractivity contribution in [2.24, 2.45) is 0 Å². The Morgan fingerprint density at radius 2 is 1.79 bits per heavy atom. The van der Waals surface area contributed by atoms with Crippen LogP contribution in [0, 0.1) is 0 Å². The topological polar surface area (TPSA) is 71.4 Å². The number of hydrogen-bond acceptors (Lipinski definition) is 6. The van der Waals surface area contributed by atoms with Gasteiger partial charge in [0, 0.05) is 32.2 Å². The van der Waals surface area contributed by atoms with Gasteiger partial charge in [0.1, 0.15) is 6.10 Å². The molecular formula is C18H23NO5. The molecule has 1 saturated heterocycles. The minimum absolute atomic E-state index is 0.00648. The number of nitrogens with zero attached hydrogens (tertiary/aromatic N) is 1. The van der Waals surface area contributed by atoms with E-state index in [4.69, 9.17) is 14.2 Å².